The molecule has 0 aliphatic rings. The second kappa shape index (κ2) is 8.34. The summed E-state index contributed by atoms with van der Waals surface area (Å²) in [5.74, 6) is -0.116. The van der Waals surface area contributed by atoms with Gasteiger partial charge < -0.3 is 5.32 Å². The van der Waals surface area contributed by atoms with Crippen molar-refractivity contribution in [2.45, 2.75) is 46.8 Å². The molecule has 0 aliphatic carbocycles. The molecular formula is C24H28N6O. The molecule has 0 unspecified atom stereocenters. The molecule has 1 atom stereocenters. The Morgan fingerprint density at radius 3 is 2.61 bits per heavy atom. The minimum absolute atomic E-state index is 0.0990. The summed E-state index contributed by atoms with van der Waals surface area (Å²) in [7, 11) is 0. The van der Waals surface area contributed by atoms with Crippen LogP contribution in [0, 0.1) is 5.41 Å². The molecule has 7 heteroatoms. The summed E-state index contributed by atoms with van der Waals surface area (Å²) in [5.41, 5.74) is 2.89. The first-order chi connectivity index (χ1) is 14.8. The molecule has 3 aromatic heterocycles. The fraction of sp³-hybridized carbons (Fsp3) is 0.333. The van der Waals surface area contributed by atoms with Crippen molar-refractivity contribution in [1.82, 2.24) is 29.9 Å². The summed E-state index contributed by atoms with van der Waals surface area (Å²) >= 11 is 0. The lowest BCUT2D eigenvalue weighted by Crippen LogP contribution is -2.46. The number of amides is 1. The highest BCUT2D eigenvalue weighted by Gasteiger charge is 2.28. The predicted octanol–water partition coefficient (Wildman–Crippen LogP) is 4.16. The van der Waals surface area contributed by atoms with Gasteiger partial charge in [0.1, 0.15) is 0 Å². The summed E-state index contributed by atoms with van der Waals surface area (Å²) in [6.45, 7) is 9.78. The van der Waals surface area contributed by atoms with Crippen molar-refractivity contribution in [3.05, 3.63) is 66.7 Å². The molecule has 31 heavy (non-hydrogen) atoms. The van der Waals surface area contributed by atoms with Crippen LogP contribution in [0.1, 0.15) is 38.1 Å². The van der Waals surface area contributed by atoms with Crippen LogP contribution in [0.25, 0.3) is 22.2 Å². The zero-order valence-corrected chi connectivity index (χ0v) is 18.4. The van der Waals surface area contributed by atoms with Crippen molar-refractivity contribution in [3.63, 3.8) is 0 Å². The first-order valence-electron chi connectivity index (χ1n) is 10.6. The van der Waals surface area contributed by atoms with E-state index in [0.29, 0.717) is 12.1 Å². The molecule has 4 rings (SSSR count). The summed E-state index contributed by atoms with van der Waals surface area (Å²) < 4.78 is 3.71. The SMILES string of the molecule is CCn1cc(-c2cc(C(=O)N[C@@H](Cn3cccn3)C(C)(C)C)c3ccccc3n2)cn1. The predicted molar refractivity (Wildman–Crippen MR) is 122 cm³/mol. The number of rotatable bonds is 6. The second-order valence-electron chi connectivity index (χ2n) is 8.78. The van der Waals surface area contributed by atoms with Gasteiger partial charge in [0.05, 0.1) is 35.6 Å². The zero-order valence-electron chi connectivity index (χ0n) is 18.4. The topological polar surface area (TPSA) is 77.6 Å². The van der Waals surface area contributed by atoms with Gasteiger partial charge in [0, 0.05) is 36.1 Å². The lowest BCUT2D eigenvalue weighted by molar-refractivity contribution is 0.0892. The smallest absolute Gasteiger partial charge is 0.252 e. The average Bonchev–Trinajstić information content (AvgIpc) is 3.43. The van der Waals surface area contributed by atoms with Gasteiger partial charge >= 0.3 is 0 Å². The Labute approximate surface area is 182 Å². The van der Waals surface area contributed by atoms with E-state index < -0.39 is 0 Å². The summed E-state index contributed by atoms with van der Waals surface area (Å²) in [4.78, 5) is 18.3. The number of nitrogens with one attached hydrogen (secondary N) is 1. The summed E-state index contributed by atoms with van der Waals surface area (Å²) in [5, 5.41) is 12.7. The Kier molecular flexibility index (Phi) is 5.59. The van der Waals surface area contributed by atoms with Gasteiger partial charge in [0.25, 0.3) is 5.91 Å². The first kappa shape index (κ1) is 20.8. The minimum Gasteiger partial charge on any atom is -0.347 e. The van der Waals surface area contributed by atoms with Crippen LogP contribution < -0.4 is 5.32 Å². The fourth-order valence-corrected chi connectivity index (χ4v) is 3.55. The van der Waals surface area contributed by atoms with E-state index >= 15 is 0 Å². The van der Waals surface area contributed by atoms with Gasteiger partial charge in [-0.1, -0.05) is 39.0 Å². The van der Waals surface area contributed by atoms with E-state index in [-0.39, 0.29) is 17.4 Å². The van der Waals surface area contributed by atoms with Crippen LogP contribution in [0.3, 0.4) is 0 Å². The van der Waals surface area contributed by atoms with Crippen LogP contribution in [0.5, 0.6) is 0 Å². The Bertz CT molecular complexity index is 1190. The third-order valence-electron chi connectivity index (χ3n) is 5.49. The largest absolute Gasteiger partial charge is 0.347 e. The van der Waals surface area contributed by atoms with Gasteiger partial charge in [0.2, 0.25) is 0 Å². The van der Waals surface area contributed by atoms with Crippen molar-refractivity contribution in [2.75, 3.05) is 0 Å². The molecule has 1 aromatic carbocycles. The molecule has 0 radical (unpaired) electrons. The van der Waals surface area contributed by atoms with Gasteiger partial charge in [-0.2, -0.15) is 10.2 Å². The molecule has 4 aromatic rings. The Hall–Kier alpha value is -3.48. The maximum absolute atomic E-state index is 13.5. The molecular weight excluding hydrogens is 388 g/mol. The number of aryl methyl sites for hydroxylation is 1. The minimum atomic E-state index is -0.143. The number of aromatic nitrogens is 5. The van der Waals surface area contributed by atoms with Gasteiger partial charge in [-0.05, 0) is 30.5 Å². The molecule has 0 spiro atoms. The first-order valence-corrected chi connectivity index (χ1v) is 10.6. The van der Waals surface area contributed by atoms with E-state index in [0.717, 1.165) is 28.7 Å². The second-order valence-corrected chi connectivity index (χ2v) is 8.78. The highest BCUT2D eigenvalue weighted by atomic mass is 16.1. The molecule has 0 fully saturated rings. The van der Waals surface area contributed by atoms with Crippen molar-refractivity contribution >= 4 is 16.8 Å². The van der Waals surface area contributed by atoms with Crippen molar-refractivity contribution in [2.24, 2.45) is 5.41 Å². The van der Waals surface area contributed by atoms with Crippen molar-refractivity contribution in [3.8, 4) is 11.3 Å². The highest BCUT2D eigenvalue weighted by Crippen LogP contribution is 2.26. The Morgan fingerprint density at radius 2 is 1.94 bits per heavy atom. The molecule has 0 aliphatic heterocycles. The quantitative estimate of drug-likeness (QED) is 0.512. The van der Waals surface area contributed by atoms with Crippen molar-refractivity contribution < 1.29 is 4.79 Å². The standard InChI is InChI=1S/C24H28N6O/c1-5-29-15-17(14-26-29)21-13-19(18-9-6-7-10-20(18)27-21)23(31)28-22(24(2,3)4)16-30-12-8-11-25-30/h6-15,22H,5,16H2,1-4H3,(H,28,31)/t22-/m0/s1. The number of hydrogen-bond donors (Lipinski definition) is 1. The monoisotopic (exact) mass is 416 g/mol. The molecule has 160 valence electrons. The van der Waals surface area contributed by atoms with E-state index in [1.807, 2.05) is 65.1 Å². The van der Waals surface area contributed by atoms with Gasteiger partial charge in [-0.3, -0.25) is 14.2 Å². The van der Waals surface area contributed by atoms with Gasteiger partial charge in [0.15, 0.2) is 0 Å². The molecule has 0 bridgehead atoms. The van der Waals surface area contributed by atoms with Crippen LogP contribution in [-0.4, -0.2) is 36.5 Å². The Morgan fingerprint density at radius 1 is 1.13 bits per heavy atom. The van der Waals surface area contributed by atoms with Crippen LogP contribution >= 0.6 is 0 Å². The molecule has 1 N–H and O–H groups in total. The van der Waals surface area contributed by atoms with Gasteiger partial charge in [-0.25, -0.2) is 4.98 Å². The van der Waals surface area contributed by atoms with E-state index in [9.17, 15) is 4.79 Å². The molecule has 0 saturated carbocycles. The number of carbonyl (C=O) groups excluding carboxylic acids is 1. The number of carbonyl (C=O) groups is 1. The third kappa shape index (κ3) is 4.50. The number of nitrogens with zero attached hydrogens (tertiary/aromatic N) is 5. The van der Waals surface area contributed by atoms with Crippen LogP contribution in [-0.2, 0) is 13.1 Å². The molecule has 7 nitrogen and oxygen atoms in total. The number of pyridine rings is 1. The lowest BCUT2D eigenvalue weighted by Gasteiger charge is -2.31. The molecule has 3 heterocycles. The van der Waals surface area contributed by atoms with Crippen molar-refractivity contribution in [1.29, 1.82) is 0 Å². The number of benzene rings is 1. The van der Waals surface area contributed by atoms with E-state index in [2.05, 4.69) is 36.3 Å². The Balaban J connectivity index is 1.72. The number of para-hydroxylation sites is 1. The van der Waals surface area contributed by atoms with Crippen LogP contribution in [0.2, 0.25) is 0 Å². The van der Waals surface area contributed by atoms with E-state index in [1.54, 1.807) is 12.4 Å². The normalized spacial score (nSPS) is 12.8. The summed E-state index contributed by atoms with van der Waals surface area (Å²) in [6, 6.07) is 11.4. The number of fused-ring (bicyclic) bond motifs is 1. The van der Waals surface area contributed by atoms with E-state index in [1.165, 1.54) is 0 Å². The molecule has 1 amide bonds. The average molecular weight is 417 g/mol. The molecule has 0 saturated heterocycles. The van der Waals surface area contributed by atoms with E-state index in [4.69, 9.17) is 4.98 Å². The summed E-state index contributed by atoms with van der Waals surface area (Å²) in [6.07, 6.45) is 7.41. The van der Waals surface area contributed by atoms with Crippen LogP contribution in [0.15, 0.2) is 61.2 Å². The lowest BCUT2D eigenvalue weighted by atomic mass is 9.86. The maximum Gasteiger partial charge on any atom is 0.252 e. The van der Waals surface area contributed by atoms with Crippen LogP contribution in [0.4, 0.5) is 0 Å². The fourth-order valence-electron chi connectivity index (χ4n) is 3.55. The maximum atomic E-state index is 13.5. The number of hydrogen-bond acceptors (Lipinski definition) is 4. The third-order valence-corrected chi connectivity index (χ3v) is 5.49. The highest BCUT2D eigenvalue weighted by molar-refractivity contribution is 6.07. The zero-order chi connectivity index (χ0) is 22.0. The van der Waals surface area contributed by atoms with Gasteiger partial charge in [-0.15, -0.1) is 0 Å².